The molecule has 20 nitrogen and oxygen atoms in total. The monoisotopic (exact) mass is 1430 g/mol. The zero-order valence-corrected chi connectivity index (χ0v) is 56.5. The number of anilines is 3. The summed E-state index contributed by atoms with van der Waals surface area (Å²) in [5, 5.41) is 20.2. The maximum absolute atomic E-state index is 14.0. The molecule has 3 aliphatic heterocycles. The number of piperidine rings is 3. The van der Waals surface area contributed by atoms with Gasteiger partial charge in [0.1, 0.15) is 41.6 Å². The van der Waals surface area contributed by atoms with Crippen LogP contribution >= 0.6 is 50.7 Å². The highest BCUT2D eigenvalue weighted by atomic mass is 79.9. The van der Waals surface area contributed by atoms with Gasteiger partial charge in [0.25, 0.3) is 0 Å². The third-order valence-electron chi connectivity index (χ3n) is 16.6. The highest BCUT2D eigenvalue weighted by Crippen LogP contribution is 2.40. The fourth-order valence-electron chi connectivity index (χ4n) is 11.3. The molecule has 29 heteroatoms. The van der Waals surface area contributed by atoms with Crippen LogP contribution in [0.25, 0.3) is 33.4 Å². The van der Waals surface area contributed by atoms with Gasteiger partial charge in [-0.2, -0.15) is 15.3 Å². The molecule has 3 atom stereocenters. The molecule has 94 heavy (non-hydrogen) atoms. The number of sulfonamides is 1. The third kappa shape index (κ3) is 16.7. The Kier molecular flexibility index (Phi) is 22.8. The van der Waals surface area contributed by atoms with Crippen LogP contribution in [0.4, 0.5) is 35.0 Å². The molecule has 3 saturated heterocycles. The van der Waals surface area contributed by atoms with E-state index in [4.69, 9.17) is 66.2 Å². The first kappa shape index (κ1) is 69.3. The number of rotatable bonds is 17. The van der Waals surface area contributed by atoms with Crippen molar-refractivity contribution in [3.63, 3.8) is 0 Å². The van der Waals surface area contributed by atoms with Crippen LogP contribution in [0.2, 0.25) is 15.1 Å². The summed E-state index contributed by atoms with van der Waals surface area (Å²) >= 11 is 21.8. The lowest BCUT2D eigenvalue weighted by Crippen LogP contribution is -2.39. The van der Waals surface area contributed by atoms with Gasteiger partial charge >= 0.3 is 0 Å². The number of benzene rings is 3. The predicted octanol–water partition coefficient (Wildman–Crippen LogP) is 14.1. The van der Waals surface area contributed by atoms with Crippen molar-refractivity contribution in [2.24, 2.45) is 0 Å². The smallest absolute Gasteiger partial charge is 0.213 e. The summed E-state index contributed by atoms with van der Waals surface area (Å²) in [5.74, 6) is -0.678. The van der Waals surface area contributed by atoms with Gasteiger partial charge in [0.05, 0.1) is 52.5 Å². The van der Waals surface area contributed by atoms with Gasteiger partial charge in [-0.25, -0.2) is 45.2 Å². The molecule has 3 aromatic carbocycles. The molecule has 498 valence electrons. The lowest BCUT2D eigenvalue weighted by atomic mass is 10.1. The summed E-state index contributed by atoms with van der Waals surface area (Å²) in [6.07, 6.45) is 20.0. The molecule has 3 unspecified atom stereocenters. The van der Waals surface area contributed by atoms with Crippen molar-refractivity contribution < 1.29 is 40.2 Å². The number of nitrogen functional groups attached to an aromatic ring is 3. The fourth-order valence-corrected chi connectivity index (χ4v) is 13.9. The molecule has 0 saturated carbocycles. The van der Waals surface area contributed by atoms with Crippen molar-refractivity contribution in [3.05, 3.63) is 176 Å². The Hall–Kier alpha value is -7.56. The molecular formula is C65H71BrCl3F4N15O5S. The normalized spacial score (nSPS) is 16.1. The Balaban J connectivity index is 0.000000155. The van der Waals surface area contributed by atoms with Crippen molar-refractivity contribution in [2.75, 3.05) is 62.2 Å². The molecule has 3 aliphatic rings. The highest BCUT2D eigenvalue weighted by molar-refractivity contribution is 9.10. The lowest BCUT2D eigenvalue weighted by molar-refractivity contribution is 0.226. The van der Waals surface area contributed by atoms with E-state index >= 15 is 0 Å². The third-order valence-corrected chi connectivity index (χ3v) is 20.3. The average molecular weight is 1440 g/mol. The van der Waals surface area contributed by atoms with Gasteiger partial charge in [0, 0.05) is 116 Å². The molecule has 3 fully saturated rings. The quantitative estimate of drug-likeness (QED) is 0.0419. The van der Waals surface area contributed by atoms with Crippen LogP contribution in [0, 0.1) is 23.3 Å². The molecule has 6 aromatic heterocycles. The van der Waals surface area contributed by atoms with E-state index in [1.807, 2.05) is 51.8 Å². The number of aromatic nitrogens is 9. The van der Waals surface area contributed by atoms with E-state index in [-0.39, 0.29) is 49.9 Å². The summed E-state index contributed by atoms with van der Waals surface area (Å²) in [6, 6.07) is 15.2. The minimum atomic E-state index is -3.18. The average Bonchev–Trinajstić information content (AvgIpc) is 1.37. The largest absolute Gasteiger partial charge is 0.482 e. The minimum absolute atomic E-state index is 0.0989. The molecule has 9 heterocycles. The fraction of sp³-hybridized carbons (Fsp3) is 0.354. The van der Waals surface area contributed by atoms with Crippen molar-refractivity contribution in [1.82, 2.24) is 59.2 Å². The van der Waals surface area contributed by atoms with Gasteiger partial charge in [-0.1, -0.05) is 50.7 Å². The number of hydrogen-bond acceptors (Lipinski definition) is 16. The highest BCUT2D eigenvalue weighted by Gasteiger charge is 2.29. The van der Waals surface area contributed by atoms with E-state index in [9.17, 15) is 26.0 Å². The van der Waals surface area contributed by atoms with Crippen molar-refractivity contribution in [1.29, 1.82) is 0 Å². The van der Waals surface area contributed by atoms with Gasteiger partial charge in [-0.15, -0.1) is 0 Å². The summed E-state index contributed by atoms with van der Waals surface area (Å²) in [5.41, 5.74) is 24.3. The van der Waals surface area contributed by atoms with Crippen LogP contribution in [-0.4, -0.2) is 102 Å². The molecule has 0 spiro atoms. The second kappa shape index (κ2) is 30.9. The molecule has 0 aliphatic carbocycles. The topological polar surface area (TPSA) is 259 Å². The molecule has 0 bridgehead atoms. The van der Waals surface area contributed by atoms with Crippen LogP contribution in [0.15, 0.2) is 121 Å². The summed E-state index contributed by atoms with van der Waals surface area (Å²) in [7, 11) is -3.18. The second-order valence-corrected chi connectivity index (χ2v) is 27.2. The Morgan fingerprint density at radius 1 is 0.543 bits per heavy atom. The SMILES string of the molecule is CC(Oc1cc(-c2cnn(C3CCNCC3)c2)cnc1N)c1cc(F)cc(F)c1Cl.CC(Oc1cc(-c2cnn(C3CCNCC3)c2)cnc1N)c1cc(F)ccc1Br.CCS(=O)(=O)N1CCC(n2cc(-c3cnc(N)c(OC(C)c4c(Cl)ccc(F)c4Cl)c3)cn2)CC1. The van der Waals surface area contributed by atoms with Crippen LogP contribution in [0.5, 0.6) is 17.2 Å². The first-order valence-electron chi connectivity index (χ1n) is 30.6. The Labute approximate surface area is 565 Å². The molecule has 0 amide bonds. The predicted molar refractivity (Wildman–Crippen MR) is 360 cm³/mol. The number of pyridine rings is 3. The van der Waals surface area contributed by atoms with Crippen LogP contribution < -0.4 is 42.0 Å². The molecule has 0 radical (unpaired) electrons. The molecule has 9 aromatic rings. The number of nitrogens with zero attached hydrogens (tertiary/aromatic N) is 10. The van der Waals surface area contributed by atoms with E-state index in [0.717, 1.165) is 102 Å². The van der Waals surface area contributed by atoms with E-state index in [1.54, 1.807) is 74.3 Å². The van der Waals surface area contributed by atoms with Crippen molar-refractivity contribution in [2.45, 2.75) is 103 Å². The number of nitrogens with one attached hydrogen (secondary N) is 2. The van der Waals surface area contributed by atoms with Gasteiger partial charge in [0.15, 0.2) is 34.7 Å². The minimum Gasteiger partial charge on any atom is -0.482 e. The summed E-state index contributed by atoms with van der Waals surface area (Å²) in [6.45, 7) is 11.8. The van der Waals surface area contributed by atoms with Gasteiger partial charge in [-0.3, -0.25) is 14.0 Å². The number of hydrogen-bond donors (Lipinski definition) is 5. The van der Waals surface area contributed by atoms with Gasteiger partial charge in [0.2, 0.25) is 10.0 Å². The maximum Gasteiger partial charge on any atom is 0.213 e. The number of ether oxygens (including phenoxy) is 3. The first-order chi connectivity index (χ1) is 45.0. The zero-order valence-electron chi connectivity index (χ0n) is 51.8. The van der Waals surface area contributed by atoms with Crippen molar-refractivity contribution in [3.8, 4) is 50.6 Å². The Morgan fingerprint density at radius 2 is 0.968 bits per heavy atom. The van der Waals surface area contributed by atoms with E-state index in [0.29, 0.717) is 72.2 Å². The Bertz CT molecular complexity index is 4230. The van der Waals surface area contributed by atoms with Crippen molar-refractivity contribution >= 4 is 78.2 Å². The van der Waals surface area contributed by atoms with Crippen LogP contribution in [-0.2, 0) is 10.0 Å². The maximum atomic E-state index is 14.0. The van der Waals surface area contributed by atoms with Crippen LogP contribution in [0.3, 0.4) is 0 Å². The number of halogens is 8. The lowest BCUT2D eigenvalue weighted by Gasteiger charge is -2.31. The number of nitrogens with two attached hydrogens (primary N) is 3. The van der Waals surface area contributed by atoms with E-state index in [2.05, 4.69) is 56.8 Å². The Morgan fingerprint density at radius 3 is 1.43 bits per heavy atom. The van der Waals surface area contributed by atoms with E-state index < -0.39 is 45.8 Å². The molecule has 8 N–H and O–H groups in total. The van der Waals surface area contributed by atoms with E-state index in [1.165, 1.54) is 24.3 Å². The van der Waals surface area contributed by atoms with Gasteiger partial charge < -0.3 is 42.0 Å². The molecular weight excluding hydrogens is 1370 g/mol. The zero-order chi connectivity index (χ0) is 67.0. The summed E-state index contributed by atoms with van der Waals surface area (Å²) in [4.78, 5) is 12.7. The first-order valence-corrected chi connectivity index (χ1v) is 34.1. The standard InChI is InChI=1S/C23H26Cl2FN5O3S.C21H23BrFN5O.C21H22ClF2N5O/c1-3-35(32,33)30-8-6-17(7-9-30)31-13-16(12-29-31)15-10-20(23(27)28-11-15)34-14(2)21-18(24)4-5-19(26)22(21)25;1-13(18-9-16(23)2-3-19(18)22)29-20-8-14(10-26-21(20)24)15-11-27-28(12-15)17-4-6-25-7-5-17;1-12(17-7-15(23)8-18(24)20(17)22)30-19-6-13(9-27-21(19)25)14-10-28-29(11-14)16-2-4-26-5-3-16/h4-5,10-14,17H,3,6-9H2,1-2H3,(H2,27,28);2-3,8-13,17,25H,4-7H2,1H3,(H2,24,26);6-12,16,26H,2-5H2,1H3,(H2,25,27). The summed E-state index contributed by atoms with van der Waals surface area (Å²) < 4.78 is 105. The van der Waals surface area contributed by atoms with Crippen LogP contribution in [0.1, 0.15) is 119 Å². The second-order valence-electron chi connectivity index (χ2n) is 22.9. The molecule has 12 rings (SSSR count). The van der Waals surface area contributed by atoms with Gasteiger partial charge in [-0.05, 0) is 147 Å².